The molecule has 2 aromatic carbocycles. The Morgan fingerprint density at radius 1 is 1.03 bits per heavy atom. The van der Waals surface area contributed by atoms with Crippen molar-refractivity contribution in [3.05, 3.63) is 81.7 Å². The Hall–Kier alpha value is -4.25. The first-order valence-electron chi connectivity index (χ1n) is 9.74. The van der Waals surface area contributed by atoms with Crippen molar-refractivity contribution in [2.24, 2.45) is 0 Å². The summed E-state index contributed by atoms with van der Waals surface area (Å²) >= 11 is 0. The largest absolute Gasteiger partial charge is 0.493 e. The van der Waals surface area contributed by atoms with Crippen molar-refractivity contribution in [3.63, 3.8) is 0 Å². The maximum atomic E-state index is 14.8. The van der Waals surface area contributed by atoms with Crippen molar-refractivity contribution in [1.29, 1.82) is 5.26 Å². The first-order valence-corrected chi connectivity index (χ1v) is 9.74. The number of ether oxygens (including phenoxy) is 2. The number of aromatic nitrogens is 3. The number of methoxy groups -OCH3 is 2. The molecule has 4 rings (SSSR count). The Morgan fingerprint density at radius 3 is 2.28 bits per heavy atom. The lowest BCUT2D eigenvalue weighted by Crippen LogP contribution is -2.24. The molecule has 0 unspecified atom stereocenters. The molecule has 160 valence electrons. The van der Waals surface area contributed by atoms with E-state index in [2.05, 4.69) is 16.2 Å². The van der Waals surface area contributed by atoms with E-state index in [1.807, 2.05) is 0 Å². The third-order valence-electron chi connectivity index (χ3n) is 5.12. The van der Waals surface area contributed by atoms with Crippen molar-refractivity contribution < 1.29 is 13.9 Å². The molecule has 0 amide bonds. The Balaban J connectivity index is 1.99. The molecule has 0 bridgehead atoms. The fourth-order valence-corrected chi connectivity index (χ4v) is 3.48. The molecule has 2 heterocycles. The zero-order valence-corrected chi connectivity index (χ0v) is 17.7. The van der Waals surface area contributed by atoms with E-state index in [0.29, 0.717) is 33.5 Å². The SMILES string of the molecule is COc1cc2c(-c3ccc(C)nc3F)nn(Cc3ccc(C#N)cc3)c(=O)c2cc1OC. The molecular formula is C24H19FN4O3. The molecule has 0 N–H and O–H groups in total. The van der Waals surface area contributed by atoms with Crippen LogP contribution in [-0.4, -0.2) is 29.0 Å². The van der Waals surface area contributed by atoms with E-state index in [-0.39, 0.29) is 23.4 Å². The highest BCUT2D eigenvalue weighted by Crippen LogP contribution is 2.35. The van der Waals surface area contributed by atoms with Crippen LogP contribution < -0.4 is 15.0 Å². The lowest BCUT2D eigenvalue weighted by Gasteiger charge is -2.14. The van der Waals surface area contributed by atoms with Crippen LogP contribution in [0.1, 0.15) is 16.8 Å². The van der Waals surface area contributed by atoms with Gasteiger partial charge in [0.1, 0.15) is 5.69 Å². The summed E-state index contributed by atoms with van der Waals surface area (Å²) in [6.45, 7) is 1.83. The van der Waals surface area contributed by atoms with Gasteiger partial charge in [0.2, 0.25) is 5.95 Å². The van der Waals surface area contributed by atoms with E-state index >= 15 is 0 Å². The Morgan fingerprint density at radius 2 is 1.69 bits per heavy atom. The van der Waals surface area contributed by atoms with Gasteiger partial charge >= 0.3 is 0 Å². The number of halogens is 1. The van der Waals surface area contributed by atoms with Gasteiger partial charge in [0.25, 0.3) is 5.56 Å². The maximum Gasteiger partial charge on any atom is 0.275 e. The lowest BCUT2D eigenvalue weighted by molar-refractivity contribution is 0.356. The molecule has 8 heteroatoms. The van der Waals surface area contributed by atoms with E-state index in [9.17, 15) is 9.18 Å². The van der Waals surface area contributed by atoms with Crippen molar-refractivity contribution in [3.8, 4) is 28.8 Å². The van der Waals surface area contributed by atoms with Crippen LogP contribution in [0.4, 0.5) is 4.39 Å². The summed E-state index contributed by atoms with van der Waals surface area (Å²) in [5.41, 5.74) is 1.88. The molecule has 2 aromatic heterocycles. The van der Waals surface area contributed by atoms with Crippen LogP contribution in [-0.2, 0) is 6.54 Å². The van der Waals surface area contributed by atoms with Gasteiger partial charge in [0.15, 0.2) is 11.5 Å². The highest BCUT2D eigenvalue weighted by molar-refractivity contribution is 5.96. The summed E-state index contributed by atoms with van der Waals surface area (Å²) < 4.78 is 26.8. The molecule has 0 saturated heterocycles. The first kappa shape index (κ1) is 21.0. The van der Waals surface area contributed by atoms with Crippen LogP contribution in [0.25, 0.3) is 22.0 Å². The summed E-state index contributed by atoms with van der Waals surface area (Å²) in [6.07, 6.45) is 0. The van der Waals surface area contributed by atoms with E-state index in [1.54, 1.807) is 55.5 Å². The van der Waals surface area contributed by atoms with Gasteiger partial charge in [-0.1, -0.05) is 12.1 Å². The van der Waals surface area contributed by atoms with Crippen molar-refractivity contribution >= 4 is 10.8 Å². The quantitative estimate of drug-likeness (QED) is 0.447. The number of hydrogen-bond acceptors (Lipinski definition) is 6. The number of benzene rings is 2. The van der Waals surface area contributed by atoms with Gasteiger partial charge in [0, 0.05) is 11.1 Å². The van der Waals surface area contributed by atoms with E-state index in [1.165, 1.54) is 18.9 Å². The number of rotatable bonds is 5. The topological polar surface area (TPSA) is 90.0 Å². The molecule has 7 nitrogen and oxygen atoms in total. The van der Waals surface area contributed by atoms with Crippen LogP contribution in [0, 0.1) is 24.2 Å². The molecular weight excluding hydrogens is 411 g/mol. The summed E-state index contributed by atoms with van der Waals surface area (Å²) in [7, 11) is 2.96. The molecule has 0 radical (unpaired) electrons. The van der Waals surface area contributed by atoms with Crippen LogP contribution in [0.3, 0.4) is 0 Å². The van der Waals surface area contributed by atoms with Crippen LogP contribution >= 0.6 is 0 Å². The normalized spacial score (nSPS) is 10.7. The maximum absolute atomic E-state index is 14.8. The third kappa shape index (κ3) is 3.76. The second-order valence-corrected chi connectivity index (χ2v) is 7.16. The Bertz CT molecular complexity index is 1420. The zero-order valence-electron chi connectivity index (χ0n) is 17.7. The lowest BCUT2D eigenvalue weighted by atomic mass is 10.0. The van der Waals surface area contributed by atoms with Crippen molar-refractivity contribution in [1.82, 2.24) is 14.8 Å². The molecule has 0 aliphatic rings. The minimum atomic E-state index is -0.683. The van der Waals surface area contributed by atoms with Gasteiger partial charge in [-0.3, -0.25) is 4.79 Å². The molecule has 0 aliphatic carbocycles. The van der Waals surface area contributed by atoms with Gasteiger partial charge in [-0.25, -0.2) is 9.67 Å². The number of nitriles is 1. The predicted octanol–water partition coefficient (Wildman–Crippen LogP) is 3.84. The second kappa shape index (κ2) is 8.47. The van der Waals surface area contributed by atoms with Gasteiger partial charge in [-0.15, -0.1) is 0 Å². The standard InChI is InChI=1S/C24H19FN4O3/c1-14-4-9-17(23(25)27-14)22-18-10-20(31-2)21(32-3)11-19(18)24(30)29(28-22)13-16-7-5-15(12-26)6-8-16/h4-11H,13H2,1-3H3. The average molecular weight is 430 g/mol. The Kier molecular flexibility index (Phi) is 5.56. The molecule has 0 atom stereocenters. The van der Waals surface area contributed by atoms with Gasteiger partial charge in [-0.2, -0.15) is 14.8 Å². The van der Waals surface area contributed by atoms with E-state index in [4.69, 9.17) is 14.7 Å². The second-order valence-electron chi connectivity index (χ2n) is 7.16. The summed E-state index contributed by atoms with van der Waals surface area (Å²) in [5.74, 6) is 0.0894. The number of nitrogens with zero attached hydrogens (tertiary/aromatic N) is 4. The molecule has 4 aromatic rings. The van der Waals surface area contributed by atoms with Gasteiger partial charge < -0.3 is 9.47 Å². The van der Waals surface area contributed by atoms with Gasteiger partial charge in [0.05, 0.1) is 43.3 Å². The highest BCUT2D eigenvalue weighted by Gasteiger charge is 2.19. The van der Waals surface area contributed by atoms with Crippen molar-refractivity contribution in [2.75, 3.05) is 14.2 Å². The molecule has 0 fully saturated rings. The minimum Gasteiger partial charge on any atom is -0.493 e. The smallest absolute Gasteiger partial charge is 0.275 e. The summed E-state index contributed by atoms with van der Waals surface area (Å²) in [5, 5.41) is 14.2. The van der Waals surface area contributed by atoms with Crippen LogP contribution in [0.15, 0.2) is 53.3 Å². The zero-order chi connectivity index (χ0) is 22.8. The highest BCUT2D eigenvalue weighted by atomic mass is 19.1. The number of pyridine rings is 1. The van der Waals surface area contributed by atoms with Crippen molar-refractivity contribution in [2.45, 2.75) is 13.5 Å². The first-order chi connectivity index (χ1) is 15.4. The van der Waals surface area contributed by atoms with E-state index in [0.717, 1.165) is 5.56 Å². The average Bonchev–Trinajstić information content (AvgIpc) is 2.81. The molecule has 32 heavy (non-hydrogen) atoms. The molecule has 0 spiro atoms. The third-order valence-corrected chi connectivity index (χ3v) is 5.12. The summed E-state index contributed by atoms with van der Waals surface area (Å²) in [4.78, 5) is 17.2. The molecule has 0 saturated carbocycles. The van der Waals surface area contributed by atoms with E-state index < -0.39 is 5.95 Å². The van der Waals surface area contributed by atoms with Crippen LogP contribution in [0.5, 0.6) is 11.5 Å². The van der Waals surface area contributed by atoms with Gasteiger partial charge in [-0.05, 0) is 48.9 Å². The monoisotopic (exact) mass is 430 g/mol. The van der Waals surface area contributed by atoms with Crippen LogP contribution in [0.2, 0.25) is 0 Å². The summed E-state index contributed by atoms with van der Waals surface area (Å²) in [6, 6.07) is 15.3. The number of fused-ring (bicyclic) bond motifs is 1. The number of aryl methyl sites for hydroxylation is 1. The fraction of sp³-hybridized carbons (Fsp3) is 0.167. The number of hydrogen-bond donors (Lipinski definition) is 0. The predicted molar refractivity (Wildman–Crippen MR) is 117 cm³/mol. The Labute approximate surface area is 183 Å². The minimum absolute atomic E-state index is 0.142. The fourth-order valence-electron chi connectivity index (χ4n) is 3.48. The molecule has 0 aliphatic heterocycles.